The minimum atomic E-state index is -5.12. The summed E-state index contributed by atoms with van der Waals surface area (Å²) >= 11 is 0. The van der Waals surface area contributed by atoms with Gasteiger partial charge in [-0.1, -0.05) is 192 Å². The van der Waals surface area contributed by atoms with Crippen molar-refractivity contribution in [1.29, 1.82) is 0 Å². The first-order valence-corrected chi connectivity index (χ1v) is 26.2. The van der Waals surface area contributed by atoms with Gasteiger partial charge in [0.25, 0.3) is 0 Å². The molecule has 1 amide bonds. The van der Waals surface area contributed by atoms with Gasteiger partial charge in [0.2, 0.25) is 5.91 Å². The van der Waals surface area contributed by atoms with Gasteiger partial charge in [0, 0.05) is 0 Å². The second-order valence-corrected chi connectivity index (χ2v) is 18.6. The molecule has 0 aromatic carbocycles. The minimum Gasteiger partial charge on any atom is -0.394 e. The Morgan fingerprint density at radius 2 is 1.06 bits per heavy atom. The zero-order valence-electron chi connectivity index (χ0n) is 38.8. The van der Waals surface area contributed by atoms with Gasteiger partial charge in [0.15, 0.2) is 6.29 Å². The molecule has 1 aliphatic rings. The van der Waals surface area contributed by atoms with Crippen molar-refractivity contribution in [2.24, 2.45) is 0 Å². The van der Waals surface area contributed by atoms with E-state index in [1.807, 2.05) is 6.08 Å². The molecule has 1 fully saturated rings. The molecule has 1 heterocycles. The molecule has 0 bridgehead atoms. The van der Waals surface area contributed by atoms with E-state index in [4.69, 9.17) is 9.47 Å². The average molecular weight is 906 g/mol. The van der Waals surface area contributed by atoms with Crippen molar-refractivity contribution in [2.75, 3.05) is 13.2 Å². The summed E-state index contributed by atoms with van der Waals surface area (Å²) in [7, 11) is -5.12. The van der Waals surface area contributed by atoms with Gasteiger partial charge >= 0.3 is 10.4 Å². The Bertz CT molecular complexity index is 1220. The van der Waals surface area contributed by atoms with E-state index >= 15 is 0 Å². The first kappa shape index (κ1) is 58.6. The predicted octanol–water partition coefficient (Wildman–Crippen LogP) is 9.08. The third-order valence-electron chi connectivity index (χ3n) is 11.8. The number of unbranched alkanes of at least 4 members (excludes halogenated alkanes) is 27. The van der Waals surface area contributed by atoms with E-state index in [9.17, 15) is 43.3 Å². The van der Waals surface area contributed by atoms with Crippen LogP contribution in [0.25, 0.3) is 0 Å². The van der Waals surface area contributed by atoms with Gasteiger partial charge in [-0.15, -0.1) is 0 Å². The number of rotatable bonds is 42. The molecule has 62 heavy (non-hydrogen) atoms. The maximum absolute atomic E-state index is 13.1. The molecule has 1 aliphatic heterocycles. The molecule has 14 heteroatoms. The summed E-state index contributed by atoms with van der Waals surface area (Å²) in [5, 5.41) is 55.3. The highest BCUT2D eigenvalue weighted by atomic mass is 32.3. The fourth-order valence-electron chi connectivity index (χ4n) is 7.87. The van der Waals surface area contributed by atoms with Crippen LogP contribution in [0.1, 0.15) is 213 Å². The minimum absolute atomic E-state index is 0.243. The van der Waals surface area contributed by atoms with Crippen molar-refractivity contribution in [3.05, 3.63) is 24.3 Å². The molecule has 7 N–H and O–H groups in total. The Morgan fingerprint density at radius 3 is 1.50 bits per heavy atom. The zero-order valence-corrected chi connectivity index (χ0v) is 39.6. The van der Waals surface area contributed by atoms with E-state index in [1.54, 1.807) is 0 Å². The highest BCUT2D eigenvalue weighted by Crippen LogP contribution is 2.26. The smallest absolute Gasteiger partial charge is 0.394 e. The molecular weight excluding hydrogens is 815 g/mol. The number of hydrogen-bond donors (Lipinski definition) is 7. The van der Waals surface area contributed by atoms with Crippen LogP contribution >= 0.6 is 0 Å². The third-order valence-corrected chi connectivity index (χ3v) is 12.3. The van der Waals surface area contributed by atoms with E-state index in [0.29, 0.717) is 12.8 Å². The van der Waals surface area contributed by atoms with Crippen molar-refractivity contribution in [3.8, 4) is 0 Å². The standard InChI is InChI=1S/C48H91NO12S/c1-3-5-7-9-11-13-15-17-18-19-20-21-22-23-25-27-29-31-33-35-37-42(52)47(55)49-40(41(51)36-34-32-30-28-26-24-16-14-12-10-8-6-4-2)39-59-48-45(54)46(61-62(56,57)58)44(53)43(38-50)60-48/h17-18,34,36,40-46,48,50-54H,3-16,19-33,35,37-39H2,1-2H3,(H,49,55)(H,56,57,58)/b18-17-,36-34+/t40-,41+,42?,43+,44-,45?,46?,48+/m0/s1. The lowest BCUT2D eigenvalue weighted by Crippen LogP contribution is -2.61. The summed E-state index contributed by atoms with van der Waals surface area (Å²) in [5.74, 6) is -0.703. The van der Waals surface area contributed by atoms with Crippen molar-refractivity contribution >= 4 is 16.3 Å². The Hall–Kier alpha value is -1.46. The lowest BCUT2D eigenvalue weighted by Gasteiger charge is -2.41. The summed E-state index contributed by atoms with van der Waals surface area (Å²) in [6.07, 6.45) is 32.6. The molecule has 366 valence electrons. The molecular formula is C48H91NO12S. The van der Waals surface area contributed by atoms with E-state index in [1.165, 1.54) is 147 Å². The van der Waals surface area contributed by atoms with E-state index in [2.05, 4.69) is 35.5 Å². The summed E-state index contributed by atoms with van der Waals surface area (Å²) in [6, 6.07) is -1.12. The molecule has 0 aromatic rings. The number of carbonyl (C=O) groups is 1. The van der Waals surface area contributed by atoms with Crippen LogP contribution in [-0.4, -0.2) is 107 Å². The molecule has 1 rings (SSSR count). The van der Waals surface area contributed by atoms with Crippen LogP contribution in [0.5, 0.6) is 0 Å². The summed E-state index contributed by atoms with van der Waals surface area (Å²) in [6.45, 7) is 3.21. The van der Waals surface area contributed by atoms with Crippen LogP contribution < -0.4 is 5.32 Å². The Labute approximate surface area is 376 Å². The molecule has 1 saturated heterocycles. The van der Waals surface area contributed by atoms with Crippen molar-refractivity contribution in [1.82, 2.24) is 5.32 Å². The van der Waals surface area contributed by atoms with Gasteiger partial charge in [0.1, 0.15) is 30.5 Å². The van der Waals surface area contributed by atoms with Crippen molar-refractivity contribution < 1.29 is 57.0 Å². The number of hydrogen-bond acceptors (Lipinski definition) is 11. The van der Waals surface area contributed by atoms with Gasteiger partial charge < -0.3 is 40.3 Å². The quantitative estimate of drug-likeness (QED) is 0.0174. The number of amides is 1. The molecule has 0 radical (unpaired) electrons. The van der Waals surface area contributed by atoms with E-state index < -0.39 is 78.5 Å². The van der Waals surface area contributed by atoms with Gasteiger partial charge in [-0.25, -0.2) is 4.18 Å². The third kappa shape index (κ3) is 30.6. The van der Waals surface area contributed by atoms with Crippen LogP contribution in [-0.2, 0) is 28.9 Å². The van der Waals surface area contributed by atoms with Crippen molar-refractivity contribution in [3.63, 3.8) is 0 Å². The van der Waals surface area contributed by atoms with Crippen molar-refractivity contribution in [2.45, 2.75) is 262 Å². The fraction of sp³-hybridized carbons (Fsp3) is 0.896. The van der Waals surface area contributed by atoms with E-state index in [-0.39, 0.29) is 6.42 Å². The van der Waals surface area contributed by atoms with Crippen LogP contribution in [0.2, 0.25) is 0 Å². The maximum Gasteiger partial charge on any atom is 0.397 e. The lowest BCUT2D eigenvalue weighted by molar-refractivity contribution is -0.298. The second kappa shape index (κ2) is 38.8. The van der Waals surface area contributed by atoms with E-state index in [0.717, 1.165) is 38.5 Å². The Morgan fingerprint density at radius 1 is 0.645 bits per heavy atom. The number of allylic oxidation sites excluding steroid dienone is 3. The molecule has 0 aliphatic carbocycles. The summed E-state index contributed by atoms with van der Waals surface area (Å²) < 4.78 is 47.5. The number of aliphatic hydroxyl groups excluding tert-OH is 5. The van der Waals surface area contributed by atoms with Crippen LogP contribution in [0, 0.1) is 0 Å². The van der Waals surface area contributed by atoms with Crippen LogP contribution in [0.4, 0.5) is 0 Å². The fourth-order valence-corrected chi connectivity index (χ4v) is 8.38. The molecule has 0 aromatic heterocycles. The molecule has 0 saturated carbocycles. The zero-order chi connectivity index (χ0) is 45.7. The molecule has 0 spiro atoms. The number of ether oxygens (including phenoxy) is 2. The van der Waals surface area contributed by atoms with Crippen LogP contribution in [0.15, 0.2) is 24.3 Å². The number of aliphatic hydroxyl groups is 5. The number of carbonyl (C=O) groups excluding carboxylic acids is 1. The highest BCUT2D eigenvalue weighted by molar-refractivity contribution is 7.80. The molecule has 13 nitrogen and oxygen atoms in total. The average Bonchev–Trinajstić information content (AvgIpc) is 3.24. The van der Waals surface area contributed by atoms with Gasteiger partial charge in [-0.3, -0.25) is 9.35 Å². The number of nitrogens with one attached hydrogen (secondary N) is 1. The highest BCUT2D eigenvalue weighted by Gasteiger charge is 2.48. The summed E-state index contributed by atoms with van der Waals surface area (Å²) in [4.78, 5) is 13.1. The normalized spacial score (nSPS) is 21.2. The molecule has 8 atom stereocenters. The molecule has 3 unspecified atom stereocenters. The second-order valence-electron chi connectivity index (χ2n) is 17.5. The van der Waals surface area contributed by atoms with Gasteiger partial charge in [0.05, 0.1) is 25.4 Å². The SMILES string of the molecule is CCCCCCCC/C=C\CCCCCCCCCCCCC(O)C(=O)N[C@@H](CO[C@@H]1O[C@H](CO)[C@H](O)C(OS(=O)(=O)O)C1O)[C@H](O)/C=C/CCCCCCCCCCCCC. The Balaban J connectivity index is 2.50. The first-order chi connectivity index (χ1) is 29.9. The topological polar surface area (TPSA) is 212 Å². The maximum atomic E-state index is 13.1. The summed E-state index contributed by atoms with van der Waals surface area (Å²) in [5.41, 5.74) is 0. The van der Waals surface area contributed by atoms with Gasteiger partial charge in [-0.05, 0) is 44.9 Å². The predicted molar refractivity (Wildman–Crippen MR) is 247 cm³/mol. The largest absolute Gasteiger partial charge is 0.397 e. The Kier molecular flexibility index (Phi) is 36.6. The monoisotopic (exact) mass is 906 g/mol. The van der Waals surface area contributed by atoms with Gasteiger partial charge in [-0.2, -0.15) is 8.42 Å². The lowest BCUT2D eigenvalue weighted by atomic mass is 9.99. The first-order valence-electron chi connectivity index (χ1n) is 24.8. The van der Waals surface area contributed by atoms with Crippen LogP contribution in [0.3, 0.4) is 0 Å².